The molecule has 1 saturated carbocycles. The Morgan fingerprint density at radius 2 is 2.18 bits per heavy atom. The number of anilines is 2. The Balaban J connectivity index is 1.68. The number of amides is 2. The fourth-order valence-electron chi connectivity index (χ4n) is 3.08. The maximum atomic E-state index is 12.3. The van der Waals surface area contributed by atoms with Crippen molar-refractivity contribution in [1.29, 1.82) is 0 Å². The van der Waals surface area contributed by atoms with Crippen molar-refractivity contribution in [2.45, 2.75) is 38.1 Å². The lowest BCUT2D eigenvalue weighted by Crippen LogP contribution is -2.52. The third-order valence-electron chi connectivity index (χ3n) is 4.65. The highest BCUT2D eigenvalue weighted by molar-refractivity contribution is 5.92. The summed E-state index contributed by atoms with van der Waals surface area (Å²) in [4.78, 5) is 18.9. The van der Waals surface area contributed by atoms with Crippen LogP contribution in [0.5, 0.6) is 0 Å². The number of hydrogen-bond donors (Lipinski definition) is 3. The smallest absolute Gasteiger partial charge is 0.319 e. The summed E-state index contributed by atoms with van der Waals surface area (Å²) in [6.07, 6.45) is 6.18. The van der Waals surface area contributed by atoms with Gasteiger partial charge in [0.2, 0.25) is 0 Å². The molecule has 22 heavy (non-hydrogen) atoms. The number of aliphatic hydroxyl groups excluding tert-OH is 1. The second-order valence-electron chi connectivity index (χ2n) is 6.50. The maximum Gasteiger partial charge on any atom is 0.319 e. The molecule has 2 fully saturated rings. The molecule has 1 aliphatic heterocycles. The van der Waals surface area contributed by atoms with Crippen molar-refractivity contribution in [1.82, 2.24) is 10.3 Å². The van der Waals surface area contributed by atoms with Gasteiger partial charge in [-0.3, -0.25) is 0 Å². The van der Waals surface area contributed by atoms with Gasteiger partial charge in [0.05, 0.1) is 17.8 Å². The number of urea groups is 1. The molecule has 1 saturated heterocycles. The maximum absolute atomic E-state index is 12.3. The molecule has 2 heterocycles. The second-order valence-corrected chi connectivity index (χ2v) is 6.50. The molecule has 1 unspecified atom stereocenters. The van der Waals surface area contributed by atoms with Crippen molar-refractivity contribution >= 4 is 17.5 Å². The fraction of sp³-hybridized carbons (Fsp3) is 0.625. The van der Waals surface area contributed by atoms with Crippen molar-refractivity contribution in [3.05, 3.63) is 18.3 Å². The minimum absolute atomic E-state index is 0.0445. The monoisotopic (exact) mass is 304 g/mol. The Bertz CT molecular complexity index is 541. The SMILES string of the molecule is CC(CO)(NC(=O)Nc1cccnc1N1CCCC1)C1CC1. The van der Waals surface area contributed by atoms with E-state index in [0.717, 1.165) is 50.3 Å². The van der Waals surface area contributed by atoms with Gasteiger partial charge in [-0.2, -0.15) is 0 Å². The first-order valence-corrected chi connectivity index (χ1v) is 8.02. The van der Waals surface area contributed by atoms with E-state index in [-0.39, 0.29) is 12.6 Å². The van der Waals surface area contributed by atoms with Crippen LogP contribution in [0, 0.1) is 5.92 Å². The summed E-state index contributed by atoms with van der Waals surface area (Å²) in [5, 5.41) is 15.4. The van der Waals surface area contributed by atoms with Crippen LogP contribution in [-0.4, -0.2) is 41.4 Å². The Kier molecular flexibility index (Phi) is 4.20. The number of aromatic nitrogens is 1. The van der Waals surface area contributed by atoms with Crippen LogP contribution >= 0.6 is 0 Å². The number of carbonyl (C=O) groups excluding carboxylic acids is 1. The number of hydrogen-bond acceptors (Lipinski definition) is 4. The molecule has 0 radical (unpaired) electrons. The molecule has 1 atom stereocenters. The van der Waals surface area contributed by atoms with Gasteiger partial charge in [0, 0.05) is 19.3 Å². The highest BCUT2D eigenvalue weighted by atomic mass is 16.3. The van der Waals surface area contributed by atoms with Crippen LogP contribution in [-0.2, 0) is 0 Å². The molecule has 0 aromatic carbocycles. The summed E-state index contributed by atoms with van der Waals surface area (Å²) < 4.78 is 0. The van der Waals surface area contributed by atoms with Gasteiger partial charge in [0.15, 0.2) is 5.82 Å². The zero-order valence-corrected chi connectivity index (χ0v) is 13.0. The van der Waals surface area contributed by atoms with Crippen molar-refractivity contribution in [2.75, 3.05) is 29.9 Å². The third kappa shape index (κ3) is 3.16. The second kappa shape index (κ2) is 6.12. The van der Waals surface area contributed by atoms with Crippen LogP contribution < -0.4 is 15.5 Å². The normalized spacial score (nSPS) is 20.5. The lowest BCUT2D eigenvalue weighted by Gasteiger charge is -2.29. The van der Waals surface area contributed by atoms with Gasteiger partial charge in [-0.25, -0.2) is 9.78 Å². The van der Waals surface area contributed by atoms with E-state index in [4.69, 9.17) is 0 Å². The van der Waals surface area contributed by atoms with Crippen molar-refractivity contribution in [3.8, 4) is 0 Å². The third-order valence-corrected chi connectivity index (χ3v) is 4.65. The van der Waals surface area contributed by atoms with Crippen LogP contribution in [0.25, 0.3) is 0 Å². The van der Waals surface area contributed by atoms with E-state index in [9.17, 15) is 9.90 Å². The molecular weight excluding hydrogens is 280 g/mol. The summed E-state index contributed by atoms with van der Waals surface area (Å²) in [5.41, 5.74) is 0.179. The first kappa shape index (κ1) is 15.1. The molecule has 6 heteroatoms. The first-order valence-electron chi connectivity index (χ1n) is 8.02. The molecule has 3 rings (SSSR count). The summed E-state index contributed by atoms with van der Waals surface area (Å²) in [7, 11) is 0. The molecule has 1 aromatic rings. The standard InChI is InChI=1S/C16H24N4O2/c1-16(11-21,12-6-7-12)19-15(22)18-13-5-4-8-17-14(13)20-9-2-3-10-20/h4-5,8,12,21H,2-3,6-7,9-11H2,1H3,(H2,18,19,22). The predicted octanol–water partition coefficient (Wildman–Crippen LogP) is 1.96. The molecule has 2 amide bonds. The lowest BCUT2D eigenvalue weighted by molar-refractivity contribution is 0.159. The quantitative estimate of drug-likeness (QED) is 0.777. The van der Waals surface area contributed by atoms with Crippen molar-refractivity contribution < 1.29 is 9.90 Å². The number of nitrogens with zero attached hydrogens (tertiary/aromatic N) is 2. The Morgan fingerprint density at radius 1 is 1.45 bits per heavy atom. The van der Waals surface area contributed by atoms with Crippen LogP contribution in [0.4, 0.5) is 16.3 Å². The number of aliphatic hydroxyl groups is 1. The number of pyridine rings is 1. The number of nitrogens with one attached hydrogen (secondary N) is 2. The Hall–Kier alpha value is -1.82. The average molecular weight is 304 g/mol. The summed E-state index contributed by atoms with van der Waals surface area (Å²) in [6, 6.07) is 3.41. The molecule has 3 N–H and O–H groups in total. The average Bonchev–Trinajstić information content (AvgIpc) is 3.24. The van der Waals surface area contributed by atoms with Gasteiger partial charge in [0.25, 0.3) is 0 Å². The minimum Gasteiger partial charge on any atom is -0.394 e. The first-order chi connectivity index (χ1) is 10.6. The van der Waals surface area contributed by atoms with E-state index in [0.29, 0.717) is 5.92 Å². The van der Waals surface area contributed by atoms with Crippen LogP contribution in [0.2, 0.25) is 0 Å². The van der Waals surface area contributed by atoms with Gasteiger partial charge in [-0.05, 0) is 50.7 Å². The van der Waals surface area contributed by atoms with E-state index in [1.54, 1.807) is 6.20 Å². The lowest BCUT2D eigenvalue weighted by atomic mass is 9.97. The molecule has 1 aromatic heterocycles. The zero-order valence-electron chi connectivity index (χ0n) is 13.0. The van der Waals surface area contributed by atoms with Crippen molar-refractivity contribution in [3.63, 3.8) is 0 Å². The molecule has 1 aliphatic carbocycles. The van der Waals surface area contributed by atoms with Gasteiger partial charge in [-0.1, -0.05) is 0 Å². The molecule has 0 spiro atoms. The topological polar surface area (TPSA) is 77.5 Å². The van der Waals surface area contributed by atoms with Gasteiger partial charge in [-0.15, -0.1) is 0 Å². The van der Waals surface area contributed by atoms with Gasteiger partial charge >= 0.3 is 6.03 Å². The minimum atomic E-state index is -0.542. The zero-order chi connectivity index (χ0) is 15.6. The van der Waals surface area contributed by atoms with E-state index >= 15 is 0 Å². The van der Waals surface area contributed by atoms with E-state index in [1.165, 1.54) is 0 Å². The fourth-order valence-corrected chi connectivity index (χ4v) is 3.08. The molecule has 120 valence electrons. The molecule has 2 aliphatic rings. The van der Waals surface area contributed by atoms with Crippen LogP contribution in [0.15, 0.2) is 18.3 Å². The van der Waals surface area contributed by atoms with E-state index < -0.39 is 5.54 Å². The summed E-state index contributed by atoms with van der Waals surface area (Å²) in [6.45, 7) is 3.81. The van der Waals surface area contributed by atoms with Gasteiger partial charge < -0.3 is 20.6 Å². The molecule has 0 bridgehead atoms. The highest BCUT2D eigenvalue weighted by Crippen LogP contribution is 2.39. The highest BCUT2D eigenvalue weighted by Gasteiger charge is 2.42. The van der Waals surface area contributed by atoms with Gasteiger partial charge in [0.1, 0.15) is 0 Å². The predicted molar refractivity (Wildman–Crippen MR) is 86.1 cm³/mol. The summed E-state index contributed by atoms with van der Waals surface area (Å²) in [5.74, 6) is 1.20. The molecular formula is C16H24N4O2. The molecule has 6 nitrogen and oxygen atoms in total. The van der Waals surface area contributed by atoms with E-state index in [1.807, 2.05) is 19.1 Å². The van der Waals surface area contributed by atoms with Crippen LogP contribution in [0.1, 0.15) is 32.6 Å². The Morgan fingerprint density at radius 3 is 2.82 bits per heavy atom. The van der Waals surface area contributed by atoms with E-state index in [2.05, 4.69) is 20.5 Å². The number of rotatable bonds is 5. The van der Waals surface area contributed by atoms with Crippen molar-refractivity contribution in [2.24, 2.45) is 5.92 Å². The summed E-state index contributed by atoms with van der Waals surface area (Å²) >= 11 is 0. The number of carbonyl (C=O) groups is 1. The largest absolute Gasteiger partial charge is 0.394 e. The Labute approximate surface area is 130 Å². The van der Waals surface area contributed by atoms with Crippen LogP contribution in [0.3, 0.4) is 0 Å².